The van der Waals surface area contributed by atoms with Gasteiger partial charge in [-0.3, -0.25) is 5.32 Å². The molecule has 1 aliphatic rings. The molecule has 0 bridgehead atoms. The van der Waals surface area contributed by atoms with E-state index < -0.39 is 18.3 Å². The molecule has 1 unspecified atom stereocenters. The Morgan fingerprint density at radius 2 is 2.14 bits per heavy atom. The Morgan fingerprint density at radius 1 is 1.50 bits per heavy atom. The van der Waals surface area contributed by atoms with E-state index in [4.69, 9.17) is 5.11 Å². The van der Waals surface area contributed by atoms with Crippen LogP contribution < -0.4 is 5.32 Å². The summed E-state index contributed by atoms with van der Waals surface area (Å²) >= 11 is 0. The van der Waals surface area contributed by atoms with Crippen molar-refractivity contribution in [3.05, 3.63) is 0 Å². The van der Waals surface area contributed by atoms with E-state index >= 15 is 0 Å². The van der Waals surface area contributed by atoms with E-state index in [9.17, 15) is 13.2 Å². The molecule has 0 aromatic rings. The van der Waals surface area contributed by atoms with Gasteiger partial charge in [0.25, 0.3) is 0 Å². The fraction of sp³-hybridized carbons (Fsp3) is 1.00. The maximum atomic E-state index is 12.0. The van der Waals surface area contributed by atoms with Gasteiger partial charge in [0.2, 0.25) is 0 Å². The Kier molecular flexibility index (Phi) is 3.39. The molecule has 0 spiro atoms. The molecule has 0 amide bonds. The van der Waals surface area contributed by atoms with Gasteiger partial charge in [-0.05, 0) is 20.0 Å². The maximum absolute atomic E-state index is 12.0. The molecule has 1 rings (SSSR count). The van der Waals surface area contributed by atoms with Crippen LogP contribution in [0.25, 0.3) is 0 Å². The lowest BCUT2D eigenvalue weighted by Crippen LogP contribution is -2.53. The number of hydrogen-bond donors (Lipinski definition) is 2. The van der Waals surface area contributed by atoms with Crippen molar-refractivity contribution in [1.29, 1.82) is 0 Å². The van der Waals surface area contributed by atoms with E-state index in [0.29, 0.717) is 19.5 Å². The van der Waals surface area contributed by atoms with Crippen molar-refractivity contribution in [3.63, 3.8) is 0 Å². The normalized spacial score (nSPS) is 29.8. The number of nitrogens with one attached hydrogen (secondary N) is 1. The number of aliphatic hydroxyl groups excluding tert-OH is 1. The van der Waals surface area contributed by atoms with Gasteiger partial charge < -0.3 is 10.0 Å². The van der Waals surface area contributed by atoms with Crippen molar-refractivity contribution in [1.82, 2.24) is 10.2 Å². The van der Waals surface area contributed by atoms with Crippen LogP contribution in [0, 0.1) is 0 Å². The lowest BCUT2D eigenvalue weighted by atomic mass is 10.00. The van der Waals surface area contributed by atoms with Crippen LogP contribution in [-0.4, -0.2) is 55.0 Å². The summed E-state index contributed by atoms with van der Waals surface area (Å²) in [6, 6.07) is 0. The summed E-state index contributed by atoms with van der Waals surface area (Å²) < 4.78 is 35.9. The van der Waals surface area contributed by atoms with Gasteiger partial charge in [-0.2, -0.15) is 13.2 Å². The summed E-state index contributed by atoms with van der Waals surface area (Å²) in [5, 5.41) is 11.5. The minimum atomic E-state index is -4.22. The summed E-state index contributed by atoms with van der Waals surface area (Å²) in [4.78, 5) is 1.90. The zero-order valence-corrected chi connectivity index (χ0v) is 8.06. The standard InChI is InChI=1S/C8H15F3N2O/c1-13-3-2-7(5-13,6-14)12-4-8(9,10)11/h12,14H,2-6H2,1H3. The molecule has 84 valence electrons. The SMILES string of the molecule is CN1CCC(CO)(NCC(F)(F)F)C1. The zero-order valence-electron chi connectivity index (χ0n) is 8.06. The first-order chi connectivity index (χ1) is 6.37. The lowest BCUT2D eigenvalue weighted by molar-refractivity contribution is -0.129. The van der Waals surface area contributed by atoms with Gasteiger partial charge in [0, 0.05) is 6.54 Å². The summed E-state index contributed by atoms with van der Waals surface area (Å²) in [6.07, 6.45) is -3.67. The van der Waals surface area contributed by atoms with Gasteiger partial charge in [0.05, 0.1) is 18.7 Å². The van der Waals surface area contributed by atoms with E-state index in [1.165, 1.54) is 0 Å². The minimum Gasteiger partial charge on any atom is -0.394 e. The summed E-state index contributed by atoms with van der Waals surface area (Å²) in [5.41, 5.74) is -0.774. The van der Waals surface area contributed by atoms with Gasteiger partial charge >= 0.3 is 6.18 Å². The molecule has 1 saturated heterocycles. The first-order valence-corrected chi connectivity index (χ1v) is 4.48. The van der Waals surface area contributed by atoms with Gasteiger partial charge in [-0.15, -0.1) is 0 Å². The zero-order chi connectivity index (χ0) is 10.8. The third-order valence-corrected chi connectivity index (χ3v) is 2.51. The van der Waals surface area contributed by atoms with Crippen LogP contribution in [0.5, 0.6) is 0 Å². The third kappa shape index (κ3) is 3.11. The molecule has 1 atom stereocenters. The first kappa shape index (κ1) is 11.7. The Morgan fingerprint density at radius 3 is 2.50 bits per heavy atom. The molecule has 6 heteroatoms. The van der Waals surface area contributed by atoms with Crippen molar-refractivity contribution in [3.8, 4) is 0 Å². The number of hydrogen-bond acceptors (Lipinski definition) is 3. The minimum absolute atomic E-state index is 0.257. The molecular weight excluding hydrogens is 197 g/mol. The van der Waals surface area contributed by atoms with Crippen LogP contribution >= 0.6 is 0 Å². The van der Waals surface area contributed by atoms with Gasteiger partial charge in [-0.25, -0.2) is 0 Å². The highest BCUT2D eigenvalue weighted by Crippen LogP contribution is 2.21. The number of alkyl halides is 3. The Balaban J connectivity index is 2.47. The van der Waals surface area contributed by atoms with Crippen LogP contribution in [0.4, 0.5) is 13.2 Å². The van der Waals surface area contributed by atoms with Crippen molar-refractivity contribution in [2.24, 2.45) is 0 Å². The molecule has 2 N–H and O–H groups in total. The Bertz CT molecular complexity index is 198. The highest BCUT2D eigenvalue weighted by molar-refractivity contribution is 4.96. The number of halogens is 3. The average molecular weight is 212 g/mol. The molecule has 14 heavy (non-hydrogen) atoms. The second-order valence-corrected chi connectivity index (χ2v) is 3.89. The molecule has 0 aromatic carbocycles. The molecule has 1 aliphatic heterocycles. The van der Waals surface area contributed by atoms with Gasteiger partial charge in [-0.1, -0.05) is 0 Å². The summed E-state index contributed by atoms with van der Waals surface area (Å²) in [5.74, 6) is 0. The Hall–Kier alpha value is -0.330. The fourth-order valence-corrected chi connectivity index (χ4v) is 1.70. The molecule has 0 radical (unpaired) electrons. The number of nitrogens with zero attached hydrogens (tertiary/aromatic N) is 1. The quantitative estimate of drug-likeness (QED) is 0.701. The van der Waals surface area contributed by atoms with E-state index in [1.54, 1.807) is 0 Å². The monoisotopic (exact) mass is 212 g/mol. The second kappa shape index (κ2) is 4.04. The molecular formula is C8H15F3N2O. The lowest BCUT2D eigenvalue weighted by Gasteiger charge is -2.28. The maximum Gasteiger partial charge on any atom is 0.401 e. The van der Waals surface area contributed by atoms with Gasteiger partial charge in [0.1, 0.15) is 0 Å². The molecule has 1 fully saturated rings. The highest BCUT2D eigenvalue weighted by Gasteiger charge is 2.39. The Labute approximate surface area is 80.9 Å². The number of aliphatic hydroxyl groups is 1. The van der Waals surface area contributed by atoms with Crippen LogP contribution in [0.1, 0.15) is 6.42 Å². The van der Waals surface area contributed by atoms with Crippen LogP contribution in [-0.2, 0) is 0 Å². The van der Waals surface area contributed by atoms with Crippen molar-refractivity contribution >= 4 is 0 Å². The number of likely N-dealkylation sites (tertiary alicyclic amines) is 1. The molecule has 0 saturated carbocycles. The summed E-state index contributed by atoms with van der Waals surface area (Å²) in [6.45, 7) is -0.125. The third-order valence-electron chi connectivity index (χ3n) is 2.51. The number of rotatable bonds is 3. The van der Waals surface area contributed by atoms with Crippen molar-refractivity contribution < 1.29 is 18.3 Å². The topological polar surface area (TPSA) is 35.5 Å². The van der Waals surface area contributed by atoms with Crippen molar-refractivity contribution in [2.75, 3.05) is 33.3 Å². The van der Waals surface area contributed by atoms with E-state index in [0.717, 1.165) is 0 Å². The first-order valence-electron chi connectivity index (χ1n) is 4.48. The second-order valence-electron chi connectivity index (χ2n) is 3.89. The highest BCUT2D eigenvalue weighted by atomic mass is 19.4. The van der Waals surface area contributed by atoms with Crippen molar-refractivity contribution in [2.45, 2.75) is 18.1 Å². The molecule has 0 aromatic heterocycles. The predicted molar refractivity (Wildman–Crippen MR) is 46.0 cm³/mol. The van der Waals surface area contributed by atoms with Crippen LogP contribution in [0.2, 0.25) is 0 Å². The summed E-state index contributed by atoms with van der Waals surface area (Å²) in [7, 11) is 1.83. The van der Waals surface area contributed by atoms with E-state index in [2.05, 4.69) is 5.32 Å². The van der Waals surface area contributed by atoms with Crippen LogP contribution in [0.3, 0.4) is 0 Å². The van der Waals surface area contributed by atoms with E-state index in [1.807, 2.05) is 11.9 Å². The number of likely N-dealkylation sites (N-methyl/N-ethyl adjacent to an activating group) is 1. The molecule has 3 nitrogen and oxygen atoms in total. The smallest absolute Gasteiger partial charge is 0.394 e. The van der Waals surface area contributed by atoms with E-state index in [-0.39, 0.29) is 6.61 Å². The predicted octanol–water partition coefficient (Wildman–Crippen LogP) is 0.205. The molecule has 1 heterocycles. The largest absolute Gasteiger partial charge is 0.401 e. The molecule has 0 aliphatic carbocycles. The van der Waals surface area contributed by atoms with Gasteiger partial charge in [0.15, 0.2) is 0 Å². The van der Waals surface area contributed by atoms with Crippen LogP contribution in [0.15, 0.2) is 0 Å². The average Bonchev–Trinajstić information content (AvgIpc) is 2.44. The fourth-order valence-electron chi connectivity index (χ4n) is 1.70.